The van der Waals surface area contributed by atoms with Crippen LogP contribution < -0.4 is 5.73 Å². The molecule has 0 aromatic carbocycles. The Bertz CT molecular complexity index is 246. The molecule has 0 saturated carbocycles. The SMILES string of the molecule is CC=C/C=C(/C)C(C)=NC(=N)N. The van der Waals surface area contributed by atoms with E-state index in [1.807, 2.05) is 39.0 Å². The Labute approximate surface area is 73.2 Å². The Morgan fingerprint density at radius 3 is 2.42 bits per heavy atom. The predicted octanol–water partition coefficient (Wildman–Crippen LogP) is 1.86. The van der Waals surface area contributed by atoms with Crippen molar-refractivity contribution in [2.75, 3.05) is 0 Å². The molecule has 0 saturated heterocycles. The van der Waals surface area contributed by atoms with Crippen molar-refractivity contribution in [2.45, 2.75) is 20.8 Å². The van der Waals surface area contributed by atoms with E-state index in [-0.39, 0.29) is 5.96 Å². The standard InChI is InChI=1S/C9H15N3/c1-4-5-6-7(2)8(3)12-9(10)11/h4-6H,1-3H3,(H3,10,11)/b5-4?,7-6-,12-8?. The number of nitrogens with zero attached hydrogens (tertiary/aromatic N) is 1. The van der Waals surface area contributed by atoms with E-state index in [9.17, 15) is 0 Å². The molecular weight excluding hydrogens is 150 g/mol. The summed E-state index contributed by atoms with van der Waals surface area (Å²) in [6.45, 7) is 5.71. The third-order valence-electron chi connectivity index (χ3n) is 1.40. The Morgan fingerprint density at radius 1 is 1.42 bits per heavy atom. The zero-order chi connectivity index (χ0) is 9.56. The first-order valence-electron chi connectivity index (χ1n) is 3.77. The lowest BCUT2D eigenvalue weighted by Crippen LogP contribution is -2.09. The predicted molar refractivity (Wildman–Crippen MR) is 53.6 cm³/mol. The zero-order valence-electron chi connectivity index (χ0n) is 7.76. The summed E-state index contributed by atoms with van der Waals surface area (Å²) in [6.07, 6.45) is 5.79. The summed E-state index contributed by atoms with van der Waals surface area (Å²) < 4.78 is 0. The van der Waals surface area contributed by atoms with Crippen LogP contribution in [0.4, 0.5) is 0 Å². The van der Waals surface area contributed by atoms with Crippen LogP contribution in [0.1, 0.15) is 20.8 Å². The van der Waals surface area contributed by atoms with E-state index in [4.69, 9.17) is 11.1 Å². The number of rotatable bonds is 2. The number of hydrogen-bond acceptors (Lipinski definition) is 1. The Hall–Kier alpha value is -1.38. The minimum atomic E-state index is -0.152. The van der Waals surface area contributed by atoms with Gasteiger partial charge in [-0.1, -0.05) is 18.2 Å². The molecule has 0 bridgehead atoms. The van der Waals surface area contributed by atoms with Crippen molar-refractivity contribution in [3.8, 4) is 0 Å². The van der Waals surface area contributed by atoms with Crippen LogP contribution in [0.15, 0.2) is 28.8 Å². The molecule has 12 heavy (non-hydrogen) atoms. The summed E-state index contributed by atoms with van der Waals surface area (Å²) in [7, 11) is 0. The molecule has 0 aromatic heterocycles. The largest absolute Gasteiger partial charge is 0.368 e. The summed E-state index contributed by atoms with van der Waals surface area (Å²) in [5.74, 6) is -0.152. The second-order valence-corrected chi connectivity index (χ2v) is 2.46. The van der Waals surface area contributed by atoms with Gasteiger partial charge in [-0.15, -0.1) is 0 Å². The smallest absolute Gasteiger partial charge is 0.212 e. The molecule has 0 unspecified atom stereocenters. The van der Waals surface area contributed by atoms with Gasteiger partial charge in [0.05, 0.1) is 0 Å². The highest BCUT2D eigenvalue weighted by Crippen LogP contribution is 1.96. The third-order valence-corrected chi connectivity index (χ3v) is 1.40. The van der Waals surface area contributed by atoms with Gasteiger partial charge in [-0.05, 0) is 26.3 Å². The fourth-order valence-electron chi connectivity index (χ4n) is 0.630. The fraction of sp³-hybridized carbons (Fsp3) is 0.333. The molecule has 0 aromatic rings. The molecule has 0 amide bonds. The van der Waals surface area contributed by atoms with E-state index in [0.29, 0.717) is 0 Å². The van der Waals surface area contributed by atoms with Gasteiger partial charge in [-0.2, -0.15) is 0 Å². The summed E-state index contributed by atoms with van der Waals surface area (Å²) >= 11 is 0. The van der Waals surface area contributed by atoms with Crippen LogP contribution in [-0.4, -0.2) is 11.7 Å². The quantitative estimate of drug-likeness (QED) is 0.366. The molecule has 3 heteroatoms. The lowest BCUT2D eigenvalue weighted by Gasteiger charge is -1.97. The molecule has 0 atom stereocenters. The molecule has 0 rings (SSSR count). The van der Waals surface area contributed by atoms with Gasteiger partial charge in [-0.3, -0.25) is 5.41 Å². The van der Waals surface area contributed by atoms with Crippen molar-refractivity contribution in [2.24, 2.45) is 10.7 Å². The second-order valence-electron chi connectivity index (χ2n) is 2.46. The van der Waals surface area contributed by atoms with Crippen LogP contribution >= 0.6 is 0 Å². The Balaban J connectivity index is 4.48. The Kier molecular flexibility index (Phi) is 4.69. The molecule has 3 N–H and O–H groups in total. The lowest BCUT2D eigenvalue weighted by atomic mass is 10.2. The monoisotopic (exact) mass is 165 g/mol. The highest BCUT2D eigenvalue weighted by Gasteiger charge is 1.92. The summed E-state index contributed by atoms with van der Waals surface area (Å²) in [4.78, 5) is 3.81. The van der Waals surface area contributed by atoms with Gasteiger partial charge in [0.25, 0.3) is 0 Å². The fourth-order valence-corrected chi connectivity index (χ4v) is 0.630. The van der Waals surface area contributed by atoms with E-state index in [2.05, 4.69) is 4.99 Å². The topological polar surface area (TPSA) is 62.2 Å². The molecule has 66 valence electrons. The molecule has 0 spiro atoms. The molecule has 0 radical (unpaired) electrons. The van der Waals surface area contributed by atoms with E-state index in [0.717, 1.165) is 11.3 Å². The average molecular weight is 165 g/mol. The highest BCUT2D eigenvalue weighted by atomic mass is 15.0. The highest BCUT2D eigenvalue weighted by molar-refractivity contribution is 6.04. The number of aliphatic imine (C=N–C) groups is 1. The van der Waals surface area contributed by atoms with Crippen molar-refractivity contribution in [3.05, 3.63) is 23.8 Å². The van der Waals surface area contributed by atoms with Crippen molar-refractivity contribution in [1.82, 2.24) is 0 Å². The number of guanidine groups is 1. The van der Waals surface area contributed by atoms with Gasteiger partial charge in [-0.25, -0.2) is 4.99 Å². The van der Waals surface area contributed by atoms with Crippen molar-refractivity contribution in [3.63, 3.8) is 0 Å². The molecule has 0 aliphatic heterocycles. The first-order valence-corrected chi connectivity index (χ1v) is 3.77. The summed E-state index contributed by atoms with van der Waals surface area (Å²) in [6, 6.07) is 0. The van der Waals surface area contributed by atoms with Crippen LogP contribution in [0.2, 0.25) is 0 Å². The normalized spacial score (nSPS) is 13.9. The zero-order valence-corrected chi connectivity index (χ0v) is 7.76. The van der Waals surface area contributed by atoms with E-state index in [1.54, 1.807) is 0 Å². The first-order chi connectivity index (χ1) is 5.57. The summed E-state index contributed by atoms with van der Waals surface area (Å²) in [5.41, 5.74) is 6.91. The van der Waals surface area contributed by atoms with Gasteiger partial charge in [0.15, 0.2) is 0 Å². The van der Waals surface area contributed by atoms with E-state index < -0.39 is 0 Å². The van der Waals surface area contributed by atoms with Crippen molar-refractivity contribution < 1.29 is 0 Å². The molecular formula is C9H15N3. The number of hydrogen-bond donors (Lipinski definition) is 2. The Morgan fingerprint density at radius 2 is 2.00 bits per heavy atom. The number of nitrogens with one attached hydrogen (secondary N) is 1. The van der Waals surface area contributed by atoms with Crippen LogP contribution in [0, 0.1) is 5.41 Å². The molecule has 0 aliphatic rings. The minimum Gasteiger partial charge on any atom is -0.368 e. The number of allylic oxidation sites excluding steroid dienone is 4. The second kappa shape index (κ2) is 5.29. The molecule has 0 heterocycles. The maximum absolute atomic E-state index is 6.94. The van der Waals surface area contributed by atoms with Crippen molar-refractivity contribution in [1.29, 1.82) is 5.41 Å². The minimum absolute atomic E-state index is 0.152. The molecule has 0 aliphatic carbocycles. The van der Waals surface area contributed by atoms with Crippen LogP contribution in [-0.2, 0) is 0 Å². The van der Waals surface area contributed by atoms with Gasteiger partial charge in [0.1, 0.15) is 0 Å². The van der Waals surface area contributed by atoms with Gasteiger partial charge in [0.2, 0.25) is 5.96 Å². The van der Waals surface area contributed by atoms with Gasteiger partial charge < -0.3 is 5.73 Å². The van der Waals surface area contributed by atoms with Crippen LogP contribution in [0.5, 0.6) is 0 Å². The summed E-state index contributed by atoms with van der Waals surface area (Å²) in [5, 5.41) is 6.94. The van der Waals surface area contributed by atoms with Gasteiger partial charge in [0, 0.05) is 5.71 Å². The third kappa shape index (κ3) is 4.44. The molecule has 0 fully saturated rings. The maximum Gasteiger partial charge on any atom is 0.212 e. The van der Waals surface area contributed by atoms with E-state index >= 15 is 0 Å². The van der Waals surface area contributed by atoms with Crippen molar-refractivity contribution >= 4 is 11.7 Å². The average Bonchev–Trinajstić information content (AvgIpc) is 1.98. The van der Waals surface area contributed by atoms with Crippen LogP contribution in [0.3, 0.4) is 0 Å². The first kappa shape index (κ1) is 10.6. The van der Waals surface area contributed by atoms with Gasteiger partial charge >= 0.3 is 0 Å². The maximum atomic E-state index is 6.94. The molecule has 3 nitrogen and oxygen atoms in total. The van der Waals surface area contributed by atoms with Crippen LogP contribution in [0.25, 0.3) is 0 Å². The van der Waals surface area contributed by atoms with E-state index in [1.165, 1.54) is 0 Å². The number of nitrogens with two attached hydrogens (primary N) is 1. The lowest BCUT2D eigenvalue weighted by molar-refractivity contribution is 1.36.